The Morgan fingerprint density at radius 1 is 1.39 bits per heavy atom. The van der Waals surface area contributed by atoms with Crippen molar-refractivity contribution in [3.63, 3.8) is 0 Å². The lowest BCUT2D eigenvalue weighted by Crippen LogP contribution is -2.32. The number of nitrogens with zero attached hydrogens (tertiary/aromatic N) is 1. The second-order valence-electron chi connectivity index (χ2n) is 4.77. The first-order valence-corrected chi connectivity index (χ1v) is 7.24. The van der Waals surface area contributed by atoms with Crippen molar-refractivity contribution in [3.8, 4) is 0 Å². The number of nitrogens with two attached hydrogens (primary N) is 1. The molecule has 4 heteroatoms. The summed E-state index contributed by atoms with van der Waals surface area (Å²) in [5.74, 6) is 1.88. The Balaban J connectivity index is 1.74. The maximum atomic E-state index is 5.69. The topological polar surface area (TPSA) is 42.4 Å². The Hall–Kier alpha value is -1.10. The number of rotatable bonds is 3. The molecule has 3 rings (SSSR count). The summed E-state index contributed by atoms with van der Waals surface area (Å²) in [7, 11) is 0. The van der Waals surface area contributed by atoms with Gasteiger partial charge >= 0.3 is 0 Å². The van der Waals surface area contributed by atoms with Gasteiger partial charge < -0.3 is 10.2 Å². The van der Waals surface area contributed by atoms with E-state index >= 15 is 0 Å². The largest absolute Gasteiger partial charge is 0.463 e. The van der Waals surface area contributed by atoms with Crippen molar-refractivity contribution in [1.29, 1.82) is 0 Å². The number of thiophene rings is 1. The van der Waals surface area contributed by atoms with Crippen LogP contribution in [0.5, 0.6) is 0 Å². The maximum Gasteiger partial charge on any atom is 0.118 e. The fraction of sp³-hybridized carbons (Fsp3) is 0.429. The number of hydrogen-bond acceptors (Lipinski definition) is 4. The fourth-order valence-corrected chi connectivity index (χ4v) is 3.56. The van der Waals surface area contributed by atoms with Crippen LogP contribution in [0.3, 0.4) is 0 Å². The lowest BCUT2D eigenvalue weighted by atomic mass is 10.0. The van der Waals surface area contributed by atoms with Crippen LogP contribution >= 0.6 is 11.3 Å². The molecule has 1 aliphatic rings. The van der Waals surface area contributed by atoms with Gasteiger partial charge in [0.1, 0.15) is 11.5 Å². The molecule has 96 valence electrons. The summed E-state index contributed by atoms with van der Waals surface area (Å²) in [6.07, 6.45) is 1.15. The van der Waals surface area contributed by atoms with Gasteiger partial charge in [-0.25, -0.2) is 0 Å². The van der Waals surface area contributed by atoms with E-state index in [1.807, 2.05) is 23.5 Å². The van der Waals surface area contributed by atoms with Gasteiger partial charge in [0, 0.05) is 17.5 Å². The van der Waals surface area contributed by atoms with Gasteiger partial charge in [0.2, 0.25) is 0 Å². The van der Waals surface area contributed by atoms with Crippen molar-refractivity contribution in [2.75, 3.05) is 6.54 Å². The summed E-state index contributed by atoms with van der Waals surface area (Å²) in [5.41, 5.74) is 7.05. The molecule has 1 atom stereocenters. The third-order valence-electron chi connectivity index (χ3n) is 3.68. The fourth-order valence-electron chi connectivity index (χ4n) is 2.59. The molecule has 2 N–H and O–H groups in total. The van der Waals surface area contributed by atoms with E-state index in [2.05, 4.69) is 23.3 Å². The first-order chi connectivity index (χ1) is 8.78. The lowest BCUT2D eigenvalue weighted by Gasteiger charge is -2.32. The SMILES string of the molecule is CC1c2ccsc2CCN1Cc1ccc(CN)o1. The Bertz CT molecular complexity index is 531. The van der Waals surface area contributed by atoms with Crippen LogP contribution in [0.2, 0.25) is 0 Å². The number of hydrogen-bond donors (Lipinski definition) is 1. The molecule has 1 aliphatic heterocycles. The molecule has 0 fully saturated rings. The second-order valence-corrected chi connectivity index (χ2v) is 5.77. The van der Waals surface area contributed by atoms with Crippen molar-refractivity contribution in [2.24, 2.45) is 5.73 Å². The Labute approximate surface area is 111 Å². The molecule has 3 heterocycles. The van der Waals surface area contributed by atoms with Crippen LogP contribution in [0.15, 0.2) is 28.0 Å². The summed E-state index contributed by atoms with van der Waals surface area (Å²) in [6, 6.07) is 6.74. The Morgan fingerprint density at radius 2 is 2.22 bits per heavy atom. The molecule has 3 nitrogen and oxygen atoms in total. The van der Waals surface area contributed by atoms with E-state index in [0.717, 1.165) is 31.0 Å². The van der Waals surface area contributed by atoms with Gasteiger partial charge in [-0.15, -0.1) is 11.3 Å². The predicted octanol–water partition coefficient (Wildman–Crippen LogP) is 2.92. The van der Waals surface area contributed by atoms with Crippen LogP contribution in [0.4, 0.5) is 0 Å². The second kappa shape index (κ2) is 4.88. The first-order valence-electron chi connectivity index (χ1n) is 6.36. The molecule has 1 unspecified atom stereocenters. The van der Waals surface area contributed by atoms with Gasteiger partial charge in [-0.05, 0) is 42.5 Å². The van der Waals surface area contributed by atoms with E-state index in [0.29, 0.717) is 12.6 Å². The minimum Gasteiger partial charge on any atom is -0.463 e. The van der Waals surface area contributed by atoms with Gasteiger partial charge in [-0.3, -0.25) is 4.90 Å². The summed E-state index contributed by atoms with van der Waals surface area (Å²) < 4.78 is 5.69. The molecule has 18 heavy (non-hydrogen) atoms. The van der Waals surface area contributed by atoms with Crippen molar-refractivity contribution >= 4 is 11.3 Å². The molecule has 2 aromatic heterocycles. The lowest BCUT2D eigenvalue weighted by molar-refractivity contribution is 0.176. The van der Waals surface area contributed by atoms with Crippen LogP contribution in [0.1, 0.15) is 34.9 Å². The van der Waals surface area contributed by atoms with Gasteiger partial charge in [-0.2, -0.15) is 0 Å². The molecule has 0 spiro atoms. The van der Waals surface area contributed by atoms with Crippen LogP contribution in [-0.2, 0) is 19.5 Å². The summed E-state index contributed by atoms with van der Waals surface area (Å²) in [4.78, 5) is 4.01. The average molecular weight is 262 g/mol. The standard InChI is InChI=1S/C14H18N2OS/c1-10-13-5-7-18-14(13)4-6-16(10)9-12-3-2-11(8-15)17-12/h2-3,5,7,10H,4,6,8-9,15H2,1H3. The maximum absolute atomic E-state index is 5.69. The van der Waals surface area contributed by atoms with Crippen LogP contribution in [0.25, 0.3) is 0 Å². The van der Waals surface area contributed by atoms with E-state index in [9.17, 15) is 0 Å². The van der Waals surface area contributed by atoms with Gasteiger partial charge in [0.25, 0.3) is 0 Å². The molecule has 0 radical (unpaired) electrons. The molecular weight excluding hydrogens is 244 g/mol. The highest BCUT2D eigenvalue weighted by molar-refractivity contribution is 7.10. The van der Waals surface area contributed by atoms with Crippen LogP contribution in [0, 0.1) is 0 Å². The first kappa shape index (κ1) is 12.0. The van der Waals surface area contributed by atoms with Gasteiger partial charge in [-0.1, -0.05) is 0 Å². The Kier molecular flexibility index (Phi) is 3.24. The summed E-state index contributed by atoms with van der Waals surface area (Å²) >= 11 is 1.88. The zero-order chi connectivity index (χ0) is 12.5. The minimum absolute atomic E-state index is 0.476. The highest BCUT2D eigenvalue weighted by Crippen LogP contribution is 2.33. The molecule has 0 saturated heterocycles. The number of fused-ring (bicyclic) bond motifs is 1. The zero-order valence-corrected chi connectivity index (χ0v) is 11.4. The van der Waals surface area contributed by atoms with Crippen LogP contribution in [-0.4, -0.2) is 11.4 Å². The minimum atomic E-state index is 0.476. The molecule has 0 amide bonds. The molecule has 2 aromatic rings. The van der Waals surface area contributed by atoms with E-state index in [-0.39, 0.29) is 0 Å². The Morgan fingerprint density at radius 3 is 3.00 bits per heavy atom. The van der Waals surface area contributed by atoms with Crippen molar-refractivity contribution in [3.05, 3.63) is 45.5 Å². The van der Waals surface area contributed by atoms with Crippen molar-refractivity contribution in [2.45, 2.75) is 32.5 Å². The molecule has 0 bridgehead atoms. The molecule has 0 aromatic carbocycles. The van der Waals surface area contributed by atoms with Gasteiger partial charge in [0.15, 0.2) is 0 Å². The average Bonchev–Trinajstić information content (AvgIpc) is 3.01. The zero-order valence-electron chi connectivity index (χ0n) is 10.6. The third-order valence-corrected chi connectivity index (χ3v) is 4.68. The van der Waals surface area contributed by atoms with E-state index in [1.165, 1.54) is 5.56 Å². The molecule has 0 aliphatic carbocycles. The quantitative estimate of drug-likeness (QED) is 0.924. The molecule has 0 saturated carbocycles. The van der Waals surface area contributed by atoms with E-state index in [1.54, 1.807) is 4.88 Å². The van der Waals surface area contributed by atoms with E-state index in [4.69, 9.17) is 10.2 Å². The smallest absolute Gasteiger partial charge is 0.118 e. The highest BCUT2D eigenvalue weighted by atomic mass is 32.1. The molecular formula is C14H18N2OS. The summed E-state index contributed by atoms with van der Waals surface area (Å²) in [5, 5.41) is 2.20. The van der Waals surface area contributed by atoms with Crippen molar-refractivity contribution in [1.82, 2.24) is 4.90 Å². The third kappa shape index (κ3) is 2.11. The van der Waals surface area contributed by atoms with E-state index < -0.39 is 0 Å². The highest BCUT2D eigenvalue weighted by Gasteiger charge is 2.25. The van der Waals surface area contributed by atoms with Crippen LogP contribution < -0.4 is 5.73 Å². The predicted molar refractivity (Wildman–Crippen MR) is 73.4 cm³/mol. The normalized spacial score (nSPS) is 20.0. The van der Waals surface area contributed by atoms with Gasteiger partial charge in [0.05, 0.1) is 13.1 Å². The monoisotopic (exact) mass is 262 g/mol. The summed E-state index contributed by atoms with van der Waals surface area (Å²) in [6.45, 7) is 4.73. The van der Waals surface area contributed by atoms with Crippen molar-refractivity contribution < 1.29 is 4.42 Å². The number of furan rings is 1.